The van der Waals surface area contributed by atoms with E-state index in [4.69, 9.17) is 9.84 Å². The van der Waals surface area contributed by atoms with Crippen LogP contribution in [0.2, 0.25) is 0 Å². The van der Waals surface area contributed by atoms with Crippen LogP contribution in [-0.4, -0.2) is 48.9 Å². The molecule has 5 heteroatoms. The van der Waals surface area contributed by atoms with Crippen LogP contribution in [0.5, 0.6) is 5.75 Å². The van der Waals surface area contributed by atoms with Gasteiger partial charge in [-0.2, -0.15) is 0 Å². The lowest BCUT2D eigenvalue weighted by Gasteiger charge is -2.17. The average Bonchev–Trinajstić information content (AvgIpc) is 2.97. The Balaban J connectivity index is 1.56. The second-order valence-corrected chi connectivity index (χ2v) is 5.03. The number of hydrogen-bond acceptors (Lipinski definition) is 3. The fraction of sp³-hybridized carbons (Fsp3) is 0.533. The molecule has 1 saturated heterocycles. The van der Waals surface area contributed by atoms with E-state index in [0.29, 0.717) is 19.7 Å². The van der Waals surface area contributed by atoms with Gasteiger partial charge in [-0.15, -0.1) is 0 Å². The number of likely N-dealkylation sites (tertiary alicyclic amines) is 1. The summed E-state index contributed by atoms with van der Waals surface area (Å²) in [6.07, 6.45) is 1.67. The fourth-order valence-electron chi connectivity index (χ4n) is 2.25. The van der Waals surface area contributed by atoms with Crippen molar-refractivity contribution in [2.45, 2.75) is 12.8 Å². The molecule has 1 aliphatic heterocycles. The lowest BCUT2D eigenvalue weighted by molar-refractivity contribution is 0.197. The Hall–Kier alpha value is -1.75. The predicted octanol–water partition coefficient (Wildman–Crippen LogP) is 1.48. The summed E-state index contributed by atoms with van der Waals surface area (Å²) in [5, 5.41) is 11.9. The number of aliphatic hydroxyl groups is 1. The van der Waals surface area contributed by atoms with Gasteiger partial charge in [0.2, 0.25) is 0 Å². The third-order valence-corrected chi connectivity index (χ3v) is 3.44. The van der Waals surface area contributed by atoms with Gasteiger partial charge in [-0.1, -0.05) is 18.2 Å². The molecule has 0 radical (unpaired) electrons. The Kier molecular flexibility index (Phi) is 5.68. The monoisotopic (exact) mass is 278 g/mol. The number of rotatable bonds is 6. The van der Waals surface area contributed by atoms with Crippen molar-refractivity contribution >= 4 is 6.03 Å². The van der Waals surface area contributed by atoms with E-state index in [2.05, 4.69) is 5.32 Å². The van der Waals surface area contributed by atoms with Crippen molar-refractivity contribution < 1.29 is 14.6 Å². The van der Waals surface area contributed by atoms with Crippen molar-refractivity contribution in [2.24, 2.45) is 5.92 Å². The molecule has 0 aliphatic carbocycles. The molecule has 1 atom stereocenters. The van der Waals surface area contributed by atoms with Gasteiger partial charge in [0.05, 0.1) is 6.61 Å². The number of para-hydroxylation sites is 1. The van der Waals surface area contributed by atoms with Crippen LogP contribution < -0.4 is 10.1 Å². The Morgan fingerprint density at radius 1 is 1.40 bits per heavy atom. The number of urea groups is 1. The highest BCUT2D eigenvalue weighted by Gasteiger charge is 2.25. The molecule has 0 spiro atoms. The van der Waals surface area contributed by atoms with Crippen molar-refractivity contribution in [1.82, 2.24) is 10.2 Å². The number of ether oxygens (including phenoxy) is 1. The Bertz CT molecular complexity index is 411. The minimum absolute atomic E-state index is 0.0411. The first-order chi connectivity index (χ1) is 9.79. The molecule has 2 rings (SSSR count). The smallest absolute Gasteiger partial charge is 0.317 e. The molecule has 2 N–H and O–H groups in total. The first-order valence-electron chi connectivity index (χ1n) is 7.11. The van der Waals surface area contributed by atoms with Crippen molar-refractivity contribution in [3.63, 3.8) is 0 Å². The van der Waals surface area contributed by atoms with Crippen LogP contribution in [0.3, 0.4) is 0 Å². The van der Waals surface area contributed by atoms with Gasteiger partial charge in [-0.05, 0) is 25.0 Å². The Morgan fingerprint density at radius 2 is 2.20 bits per heavy atom. The number of amides is 2. The molecule has 0 aromatic heterocycles. The molecule has 1 aromatic carbocycles. The molecule has 1 unspecified atom stereocenters. The summed E-state index contributed by atoms with van der Waals surface area (Å²) in [4.78, 5) is 13.6. The van der Waals surface area contributed by atoms with Gasteiger partial charge in [0.15, 0.2) is 0 Å². The van der Waals surface area contributed by atoms with Gasteiger partial charge in [0.1, 0.15) is 5.75 Å². The number of benzene rings is 1. The number of nitrogens with one attached hydrogen (secondary N) is 1. The summed E-state index contributed by atoms with van der Waals surface area (Å²) >= 11 is 0. The predicted molar refractivity (Wildman–Crippen MR) is 76.7 cm³/mol. The van der Waals surface area contributed by atoms with E-state index in [1.807, 2.05) is 30.3 Å². The van der Waals surface area contributed by atoms with Crippen LogP contribution in [0.15, 0.2) is 30.3 Å². The SMILES string of the molecule is O=C(NCCCOc1ccccc1)N1CCC(CO)C1. The van der Waals surface area contributed by atoms with Crippen LogP contribution in [0.4, 0.5) is 4.79 Å². The van der Waals surface area contributed by atoms with E-state index in [-0.39, 0.29) is 18.6 Å². The zero-order chi connectivity index (χ0) is 14.2. The maximum Gasteiger partial charge on any atom is 0.317 e. The quantitative estimate of drug-likeness (QED) is 0.775. The molecule has 1 fully saturated rings. The van der Waals surface area contributed by atoms with Crippen molar-refractivity contribution in [2.75, 3.05) is 32.8 Å². The number of carbonyl (C=O) groups is 1. The van der Waals surface area contributed by atoms with E-state index in [1.54, 1.807) is 4.90 Å². The molecule has 5 nitrogen and oxygen atoms in total. The van der Waals surface area contributed by atoms with Crippen LogP contribution in [0.25, 0.3) is 0 Å². The summed E-state index contributed by atoms with van der Waals surface area (Å²) < 4.78 is 5.55. The van der Waals surface area contributed by atoms with Crippen LogP contribution in [0, 0.1) is 5.92 Å². The van der Waals surface area contributed by atoms with Crippen molar-refractivity contribution in [3.05, 3.63) is 30.3 Å². The lowest BCUT2D eigenvalue weighted by atomic mass is 10.1. The number of carbonyl (C=O) groups excluding carboxylic acids is 1. The molecule has 0 saturated carbocycles. The summed E-state index contributed by atoms with van der Waals surface area (Å²) in [5.74, 6) is 1.09. The Labute approximate surface area is 119 Å². The number of hydrogen-bond donors (Lipinski definition) is 2. The molecule has 1 heterocycles. The number of aliphatic hydroxyl groups excluding tert-OH is 1. The topological polar surface area (TPSA) is 61.8 Å². The van der Waals surface area contributed by atoms with Gasteiger partial charge in [-0.25, -0.2) is 4.79 Å². The normalized spacial score (nSPS) is 18.1. The van der Waals surface area contributed by atoms with Crippen molar-refractivity contribution in [3.8, 4) is 5.75 Å². The molecule has 110 valence electrons. The lowest BCUT2D eigenvalue weighted by Crippen LogP contribution is -2.39. The van der Waals surface area contributed by atoms with Crippen LogP contribution in [0.1, 0.15) is 12.8 Å². The number of nitrogens with zero attached hydrogens (tertiary/aromatic N) is 1. The molecule has 0 bridgehead atoms. The van der Waals surface area contributed by atoms with Gasteiger partial charge < -0.3 is 20.1 Å². The summed E-state index contributed by atoms with van der Waals surface area (Å²) in [6, 6.07) is 9.60. The maximum atomic E-state index is 11.8. The highest BCUT2D eigenvalue weighted by molar-refractivity contribution is 5.74. The summed E-state index contributed by atoms with van der Waals surface area (Å²) in [7, 11) is 0. The molecular formula is C15H22N2O3. The van der Waals surface area contributed by atoms with Gasteiger partial charge in [0, 0.05) is 32.2 Å². The van der Waals surface area contributed by atoms with E-state index >= 15 is 0 Å². The molecule has 20 heavy (non-hydrogen) atoms. The van der Waals surface area contributed by atoms with Crippen LogP contribution >= 0.6 is 0 Å². The molecule has 2 amide bonds. The zero-order valence-electron chi connectivity index (χ0n) is 11.6. The van der Waals surface area contributed by atoms with Crippen molar-refractivity contribution in [1.29, 1.82) is 0 Å². The molecular weight excluding hydrogens is 256 g/mol. The van der Waals surface area contributed by atoms with Crippen LogP contribution in [-0.2, 0) is 0 Å². The highest BCUT2D eigenvalue weighted by atomic mass is 16.5. The van der Waals surface area contributed by atoms with E-state index in [1.165, 1.54) is 0 Å². The zero-order valence-corrected chi connectivity index (χ0v) is 11.6. The molecule has 1 aliphatic rings. The largest absolute Gasteiger partial charge is 0.494 e. The fourth-order valence-corrected chi connectivity index (χ4v) is 2.25. The third-order valence-electron chi connectivity index (χ3n) is 3.44. The molecule has 1 aromatic rings. The highest BCUT2D eigenvalue weighted by Crippen LogP contribution is 2.15. The Morgan fingerprint density at radius 3 is 2.90 bits per heavy atom. The second kappa shape index (κ2) is 7.75. The third kappa shape index (κ3) is 4.42. The maximum absolute atomic E-state index is 11.8. The average molecular weight is 278 g/mol. The summed E-state index contributed by atoms with van der Waals surface area (Å²) in [6.45, 7) is 2.74. The second-order valence-electron chi connectivity index (χ2n) is 5.03. The summed E-state index contributed by atoms with van der Waals surface area (Å²) in [5.41, 5.74) is 0. The van der Waals surface area contributed by atoms with E-state index in [9.17, 15) is 4.79 Å². The van der Waals surface area contributed by atoms with Gasteiger partial charge in [-0.3, -0.25) is 0 Å². The van der Waals surface area contributed by atoms with E-state index < -0.39 is 0 Å². The van der Waals surface area contributed by atoms with Gasteiger partial charge >= 0.3 is 6.03 Å². The minimum atomic E-state index is -0.0411. The van der Waals surface area contributed by atoms with Gasteiger partial charge in [0.25, 0.3) is 0 Å². The minimum Gasteiger partial charge on any atom is -0.494 e. The standard InChI is InChI=1S/C15H22N2O3/c18-12-13-7-9-17(11-13)15(19)16-8-4-10-20-14-5-2-1-3-6-14/h1-3,5-6,13,18H,4,7-12H2,(H,16,19). The van der Waals surface area contributed by atoms with E-state index in [0.717, 1.165) is 25.1 Å². The first-order valence-corrected chi connectivity index (χ1v) is 7.11. The first kappa shape index (κ1) is 14.7.